The van der Waals surface area contributed by atoms with Gasteiger partial charge in [0.05, 0.1) is 5.56 Å². The van der Waals surface area contributed by atoms with Crippen LogP contribution in [-0.4, -0.2) is 33.9 Å². The second-order valence-corrected chi connectivity index (χ2v) is 4.87. The zero-order chi connectivity index (χ0) is 14.7. The first-order valence-corrected chi connectivity index (χ1v) is 6.76. The SMILES string of the molecule is Cc1c(CCN)c2cc(C(=O)O)ccc2n1CCCO. The zero-order valence-corrected chi connectivity index (χ0v) is 11.6. The summed E-state index contributed by atoms with van der Waals surface area (Å²) in [5, 5.41) is 19.1. The molecule has 108 valence electrons. The molecule has 0 amide bonds. The third kappa shape index (κ3) is 2.55. The molecule has 0 atom stereocenters. The van der Waals surface area contributed by atoms with Gasteiger partial charge in [-0.25, -0.2) is 4.79 Å². The molecule has 1 heterocycles. The van der Waals surface area contributed by atoms with E-state index in [4.69, 9.17) is 15.9 Å². The van der Waals surface area contributed by atoms with Crippen LogP contribution < -0.4 is 5.73 Å². The summed E-state index contributed by atoms with van der Waals surface area (Å²) < 4.78 is 2.13. The van der Waals surface area contributed by atoms with E-state index in [0.717, 1.165) is 35.1 Å². The van der Waals surface area contributed by atoms with Gasteiger partial charge in [-0.2, -0.15) is 0 Å². The molecular formula is C15H20N2O3. The van der Waals surface area contributed by atoms with Crippen LogP contribution in [-0.2, 0) is 13.0 Å². The van der Waals surface area contributed by atoms with E-state index in [0.29, 0.717) is 13.0 Å². The van der Waals surface area contributed by atoms with Gasteiger partial charge in [-0.05, 0) is 50.1 Å². The van der Waals surface area contributed by atoms with Gasteiger partial charge in [0.1, 0.15) is 0 Å². The van der Waals surface area contributed by atoms with Crippen molar-refractivity contribution in [2.24, 2.45) is 5.73 Å². The molecule has 0 spiro atoms. The fourth-order valence-corrected chi connectivity index (χ4v) is 2.66. The lowest BCUT2D eigenvalue weighted by Gasteiger charge is -2.07. The van der Waals surface area contributed by atoms with Crippen LogP contribution in [0.2, 0.25) is 0 Å². The van der Waals surface area contributed by atoms with Gasteiger partial charge >= 0.3 is 5.97 Å². The normalized spacial score (nSPS) is 11.2. The van der Waals surface area contributed by atoms with Crippen molar-refractivity contribution in [1.82, 2.24) is 4.57 Å². The third-order valence-corrected chi connectivity index (χ3v) is 3.64. The molecule has 20 heavy (non-hydrogen) atoms. The summed E-state index contributed by atoms with van der Waals surface area (Å²) in [7, 11) is 0. The van der Waals surface area contributed by atoms with Crippen molar-refractivity contribution in [2.75, 3.05) is 13.2 Å². The van der Waals surface area contributed by atoms with Gasteiger partial charge in [0.25, 0.3) is 0 Å². The lowest BCUT2D eigenvalue weighted by Crippen LogP contribution is -2.06. The van der Waals surface area contributed by atoms with Crippen molar-refractivity contribution in [3.63, 3.8) is 0 Å². The number of carboxylic acids is 1. The van der Waals surface area contributed by atoms with Crippen LogP contribution in [0.25, 0.3) is 10.9 Å². The van der Waals surface area contributed by atoms with Gasteiger partial charge in [0.2, 0.25) is 0 Å². The number of fused-ring (bicyclic) bond motifs is 1. The molecule has 2 rings (SSSR count). The number of aromatic nitrogens is 1. The Hall–Kier alpha value is -1.85. The van der Waals surface area contributed by atoms with Crippen LogP contribution in [0.15, 0.2) is 18.2 Å². The van der Waals surface area contributed by atoms with E-state index in [-0.39, 0.29) is 12.2 Å². The summed E-state index contributed by atoms with van der Waals surface area (Å²) in [6.07, 6.45) is 1.39. The second-order valence-electron chi connectivity index (χ2n) is 4.87. The molecule has 5 nitrogen and oxygen atoms in total. The number of carboxylic acid groups (broad SMARTS) is 1. The molecule has 0 fully saturated rings. The molecule has 5 heteroatoms. The van der Waals surface area contributed by atoms with Crippen LogP contribution in [0.1, 0.15) is 28.0 Å². The van der Waals surface area contributed by atoms with E-state index in [9.17, 15) is 4.79 Å². The number of aromatic carboxylic acids is 1. The maximum atomic E-state index is 11.1. The van der Waals surface area contributed by atoms with E-state index >= 15 is 0 Å². The Bertz CT molecular complexity index is 632. The molecule has 0 aliphatic heterocycles. The molecule has 0 unspecified atom stereocenters. The molecule has 1 aromatic carbocycles. The minimum absolute atomic E-state index is 0.137. The summed E-state index contributed by atoms with van der Waals surface area (Å²) in [6, 6.07) is 5.17. The molecular weight excluding hydrogens is 256 g/mol. The topological polar surface area (TPSA) is 88.5 Å². The fraction of sp³-hybridized carbons (Fsp3) is 0.400. The molecule has 2 aromatic rings. The van der Waals surface area contributed by atoms with E-state index in [1.54, 1.807) is 12.1 Å². The zero-order valence-electron chi connectivity index (χ0n) is 11.6. The Kier molecular flexibility index (Phi) is 4.42. The first-order chi connectivity index (χ1) is 9.60. The molecule has 0 bridgehead atoms. The number of carbonyl (C=O) groups is 1. The van der Waals surface area contributed by atoms with Crippen molar-refractivity contribution in [2.45, 2.75) is 26.3 Å². The number of nitrogens with zero attached hydrogens (tertiary/aromatic N) is 1. The molecule has 1 aromatic heterocycles. The maximum Gasteiger partial charge on any atom is 0.335 e. The van der Waals surface area contributed by atoms with E-state index in [1.165, 1.54) is 0 Å². The summed E-state index contributed by atoms with van der Waals surface area (Å²) in [4.78, 5) is 11.1. The van der Waals surface area contributed by atoms with Crippen molar-refractivity contribution in [3.8, 4) is 0 Å². The average Bonchev–Trinajstić information content (AvgIpc) is 2.69. The number of aliphatic hydroxyl groups excluding tert-OH is 1. The Morgan fingerprint density at radius 2 is 2.15 bits per heavy atom. The highest BCUT2D eigenvalue weighted by Gasteiger charge is 2.15. The van der Waals surface area contributed by atoms with Crippen LogP contribution >= 0.6 is 0 Å². The quantitative estimate of drug-likeness (QED) is 0.746. The minimum Gasteiger partial charge on any atom is -0.478 e. The smallest absolute Gasteiger partial charge is 0.335 e. The number of benzene rings is 1. The molecule has 0 saturated carbocycles. The number of hydrogen-bond donors (Lipinski definition) is 3. The van der Waals surface area contributed by atoms with Gasteiger partial charge in [-0.1, -0.05) is 0 Å². The Labute approximate surface area is 117 Å². The van der Waals surface area contributed by atoms with Gasteiger partial charge in [-0.3, -0.25) is 0 Å². The van der Waals surface area contributed by atoms with Crippen molar-refractivity contribution >= 4 is 16.9 Å². The number of aryl methyl sites for hydroxylation is 1. The first kappa shape index (κ1) is 14.6. The predicted octanol–water partition coefficient (Wildman–Crippen LogP) is 1.53. The monoisotopic (exact) mass is 276 g/mol. The van der Waals surface area contributed by atoms with Crippen molar-refractivity contribution in [3.05, 3.63) is 35.0 Å². The number of nitrogens with two attached hydrogens (primary N) is 1. The largest absolute Gasteiger partial charge is 0.478 e. The van der Waals surface area contributed by atoms with Crippen LogP contribution in [0.5, 0.6) is 0 Å². The Balaban J connectivity index is 2.62. The standard InChI is InChI=1S/C15H20N2O3/c1-10-12(5-6-16)13-9-11(15(19)20)3-4-14(13)17(10)7-2-8-18/h3-4,9,18H,2,5-8,16H2,1H3,(H,19,20). The minimum atomic E-state index is -0.925. The second kappa shape index (κ2) is 6.07. The highest BCUT2D eigenvalue weighted by Crippen LogP contribution is 2.27. The molecule has 0 radical (unpaired) electrons. The van der Waals surface area contributed by atoms with Gasteiger partial charge in [0, 0.05) is 29.7 Å². The summed E-state index contributed by atoms with van der Waals surface area (Å²) >= 11 is 0. The molecule has 0 aliphatic carbocycles. The van der Waals surface area contributed by atoms with Crippen LogP contribution in [0.3, 0.4) is 0 Å². The lowest BCUT2D eigenvalue weighted by atomic mass is 10.1. The first-order valence-electron chi connectivity index (χ1n) is 6.76. The highest BCUT2D eigenvalue weighted by atomic mass is 16.4. The maximum absolute atomic E-state index is 11.1. The van der Waals surface area contributed by atoms with E-state index in [1.807, 2.05) is 13.0 Å². The molecule has 0 aliphatic rings. The molecule has 0 saturated heterocycles. The highest BCUT2D eigenvalue weighted by molar-refractivity contribution is 5.95. The average molecular weight is 276 g/mol. The van der Waals surface area contributed by atoms with E-state index in [2.05, 4.69) is 4.57 Å². The summed E-state index contributed by atoms with van der Waals surface area (Å²) in [6.45, 7) is 3.40. The predicted molar refractivity (Wildman–Crippen MR) is 78.1 cm³/mol. The van der Waals surface area contributed by atoms with Gasteiger partial charge in [-0.15, -0.1) is 0 Å². The number of hydrogen-bond acceptors (Lipinski definition) is 3. The lowest BCUT2D eigenvalue weighted by molar-refractivity contribution is 0.0697. The summed E-state index contributed by atoms with van der Waals surface area (Å²) in [5.41, 5.74) is 9.15. The Morgan fingerprint density at radius 3 is 2.75 bits per heavy atom. The molecule has 4 N–H and O–H groups in total. The van der Waals surface area contributed by atoms with Gasteiger partial charge < -0.3 is 20.5 Å². The Morgan fingerprint density at radius 1 is 1.40 bits per heavy atom. The third-order valence-electron chi connectivity index (χ3n) is 3.64. The number of rotatable bonds is 6. The summed E-state index contributed by atoms with van der Waals surface area (Å²) in [5.74, 6) is -0.925. The van der Waals surface area contributed by atoms with Crippen molar-refractivity contribution < 1.29 is 15.0 Å². The van der Waals surface area contributed by atoms with E-state index < -0.39 is 5.97 Å². The number of aliphatic hydroxyl groups is 1. The van der Waals surface area contributed by atoms with Crippen LogP contribution in [0.4, 0.5) is 0 Å². The fourth-order valence-electron chi connectivity index (χ4n) is 2.66. The van der Waals surface area contributed by atoms with Gasteiger partial charge in [0.15, 0.2) is 0 Å². The van der Waals surface area contributed by atoms with Crippen LogP contribution in [0, 0.1) is 6.92 Å². The van der Waals surface area contributed by atoms with Crippen molar-refractivity contribution in [1.29, 1.82) is 0 Å².